The van der Waals surface area contributed by atoms with Crippen molar-refractivity contribution in [2.75, 3.05) is 13.2 Å². The van der Waals surface area contributed by atoms with E-state index in [2.05, 4.69) is 25.2 Å². The average molecular weight is 525 g/mol. The average Bonchev–Trinajstić information content (AvgIpc) is 2.93. The van der Waals surface area contributed by atoms with Crippen LogP contribution in [0.25, 0.3) is 0 Å². The number of carbonyl (C=O) groups excluding carboxylic acids is 2. The first-order chi connectivity index (χ1) is 18.5. The zero-order valence-corrected chi connectivity index (χ0v) is 23.2. The molecule has 1 aliphatic heterocycles. The standard InChI is InChI=1S/C32H45FN2O3/c1-3-5-7-8-9-10-11-19-30(31(36)34-20-6-4-2)38-24-29-22-25-15-12-13-16-27(25)23-35(29)32(37)26-17-14-18-28(33)21-26/h12-18,21,29-30H,3-11,19-20,22-24H2,1-2H3,(H,34,36). The number of nitrogens with one attached hydrogen (secondary N) is 1. The predicted molar refractivity (Wildman–Crippen MR) is 150 cm³/mol. The normalized spacial score (nSPS) is 15.7. The van der Waals surface area contributed by atoms with Gasteiger partial charge in [-0.1, -0.05) is 95.5 Å². The minimum atomic E-state index is -0.536. The van der Waals surface area contributed by atoms with Crippen LogP contribution in [0.3, 0.4) is 0 Å². The molecule has 0 aromatic heterocycles. The predicted octanol–water partition coefficient (Wildman–Crippen LogP) is 6.84. The maximum absolute atomic E-state index is 13.9. The molecule has 0 bridgehead atoms. The summed E-state index contributed by atoms with van der Waals surface area (Å²) in [5.74, 6) is -0.716. The zero-order valence-electron chi connectivity index (χ0n) is 23.2. The maximum atomic E-state index is 13.9. The van der Waals surface area contributed by atoms with Crippen LogP contribution in [-0.4, -0.2) is 42.0 Å². The minimum Gasteiger partial charge on any atom is -0.366 e. The first-order valence-electron chi connectivity index (χ1n) is 14.6. The summed E-state index contributed by atoms with van der Waals surface area (Å²) >= 11 is 0. The van der Waals surface area contributed by atoms with Crippen molar-refractivity contribution in [2.45, 2.75) is 103 Å². The number of nitrogens with zero attached hydrogens (tertiary/aromatic N) is 1. The second-order valence-corrected chi connectivity index (χ2v) is 10.4. The van der Waals surface area contributed by atoms with Crippen LogP contribution in [0.5, 0.6) is 0 Å². The number of rotatable bonds is 16. The van der Waals surface area contributed by atoms with Crippen LogP contribution in [0.15, 0.2) is 48.5 Å². The summed E-state index contributed by atoms with van der Waals surface area (Å²) in [6, 6.07) is 13.7. The van der Waals surface area contributed by atoms with Gasteiger partial charge in [0.05, 0.1) is 12.6 Å². The van der Waals surface area contributed by atoms with Gasteiger partial charge in [0.25, 0.3) is 5.91 Å². The Morgan fingerprint density at radius 2 is 1.66 bits per heavy atom. The first-order valence-corrected chi connectivity index (χ1v) is 14.6. The van der Waals surface area contributed by atoms with Gasteiger partial charge >= 0.3 is 0 Å². The number of benzene rings is 2. The minimum absolute atomic E-state index is 0.0661. The Labute approximate surface area is 228 Å². The summed E-state index contributed by atoms with van der Waals surface area (Å²) in [7, 11) is 0. The SMILES string of the molecule is CCCCCCCCCC(OCC1Cc2ccccc2CN1C(=O)c1cccc(F)c1)C(=O)NCCCC. The largest absolute Gasteiger partial charge is 0.366 e. The molecule has 3 rings (SSSR count). The van der Waals surface area contributed by atoms with E-state index in [0.717, 1.165) is 31.2 Å². The zero-order chi connectivity index (χ0) is 27.2. The third-order valence-corrected chi connectivity index (χ3v) is 7.37. The summed E-state index contributed by atoms with van der Waals surface area (Å²) in [6.07, 6.45) is 11.0. The van der Waals surface area contributed by atoms with Gasteiger partial charge in [0, 0.05) is 18.7 Å². The van der Waals surface area contributed by atoms with Gasteiger partial charge in [0.15, 0.2) is 0 Å². The fourth-order valence-corrected chi connectivity index (χ4v) is 5.07. The lowest BCUT2D eigenvalue weighted by Gasteiger charge is -2.37. The van der Waals surface area contributed by atoms with Crippen LogP contribution in [0.4, 0.5) is 4.39 Å². The van der Waals surface area contributed by atoms with Crippen molar-refractivity contribution in [3.8, 4) is 0 Å². The Kier molecular flexibility index (Phi) is 12.8. The fraction of sp³-hybridized carbons (Fsp3) is 0.562. The Hall–Kier alpha value is -2.73. The van der Waals surface area contributed by atoms with E-state index in [1.54, 1.807) is 17.0 Å². The molecule has 0 saturated carbocycles. The topological polar surface area (TPSA) is 58.6 Å². The smallest absolute Gasteiger partial charge is 0.254 e. The number of hydrogen-bond acceptors (Lipinski definition) is 3. The van der Waals surface area contributed by atoms with Gasteiger partial charge < -0.3 is 15.0 Å². The van der Waals surface area contributed by atoms with Gasteiger partial charge in [-0.2, -0.15) is 0 Å². The Morgan fingerprint density at radius 3 is 2.39 bits per heavy atom. The highest BCUT2D eigenvalue weighted by Gasteiger charge is 2.32. The molecule has 1 heterocycles. The Bertz CT molecular complexity index is 1010. The number of halogens is 1. The molecule has 2 amide bonds. The molecule has 1 aliphatic rings. The van der Waals surface area contributed by atoms with Crippen molar-refractivity contribution in [1.29, 1.82) is 0 Å². The number of amides is 2. The Morgan fingerprint density at radius 1 is 0.947 bits per heavy atom. The first kappa shape index (κ1) is 29.8. The van der Waals surface area contributed by atoms with Gasteiger partial charge in [0.2, 0.25) is 5.91 Å². The van der Waals surface area contributed by atoms with E-state index in [-0.39, 0.29) is 24.5 Å². The second-order valence-electron chi connectivity index (χ2n) is 10.4. The van der Waals surface area contributed by atoms with Gasteiger partial charge in [-0.25, -0.2) is 4.39 Å². The van der Waals surface area contributed by atoms with Crippen molar-refractivity contribution >= 4 is 11.8 Å². The molecular weight excluding hydrogens is 479 g/mol. The number of hydrogen-bond donors (Lipinski definition) is 1. The van der Waals surface area contributed by atoms with Crippen LogP contribution in [0.2, 0.25) is 0 Å². The monoisotopic (exact) mass is 524 g/mol. The highest BCUT2D eigenvalue weighted by atomic mass is 19.1. The summed E-state index contributed by atoms with van der Waals surface area (Å²) in [5, 5.41) is 3.04. The molecule has 2 aromatic carbocycles. The van der Waals surface area contributed by atoms with Crippen molar-refractivity contribution in [1.82, 2.24) is 10.2 Å². The van der Waals surface area contributed by atoms with E-state index >= 15 is 0 Å². The van der Waals surface area contributed by atoms with Gasteiger partial charge in [0.1, 0.15) is 11.9 Å². The summed E-state index contributed by atoms with van der Waals surface area (Å²) in [5.41, 5.74) is 2.59. The third-order valence-electron chi connectivity index (χ3n) is 7.37. The van der Waals surface area contributed by atoms with E-state index in [0.29, 0.717) is 31.5 Å². The van der Waals surface area contributed by atoms with Crippen LogP contribution in [0, 0.1) is 5.82 Å². The summed E-state index contributed by atoms with van der Waals surface area (Å²) < 4.78 is 20.2. The molecule has 0 radical (unpaired) electrons. The van der Waals surface area contributed by atoms with E-state index in [1.807, 2.05) is 18.2 Å². The number of fused-ring (bicyclic) bond motifs is 1. The third kappa shape index (κ3) is 9.23. The van der Waals surface area contributed by atoms with Gasteiger partial charge in [-0.3, -0.25) is 9.59 Å². The lowest BCUT2D eigenvalue weighted by molar-refractivity contribution is -0.134. The van der Waals surface area contributed by atoms with Crippen LogP contribution in [-0.2, 0) is 22.5 Å². The molecule has 0 saturated heterocycles. The molecule has 2 aromatic rings. The van der Waals surface area contributed by atoms with Crippen molar-refractivity contribution in [3.63, 3.8) is 0 Å². The van der Waals surface area contributed by atoms with Crippen molar-refractivity contribution < 1.29 is 18.7 Å². The van der Waals surface area contributed by atoms with Crippen molar-refractivity contribution in [3.05, 3.63) is 71.0 Å². The van der Waals surface area contributed by atoms with E-state index in [1.165, 1.54) is 49.8 Å². The molecule has 6 heteroatoms. The molecule has 0 fully saturated rings. The molecular formula is C32H45FN2O3. The number of ether oxygens (including phenoxy) is 1. The van der Waals surface area contributed by atoms with Crippen LogP contribution >= 0.6 is 0 Å². The number of unbranched alkanes of at least 4 members (excludes halogenated alkanes) is 7. The highest BCUT2D eigenvalue weighted by molar-refractivity contribution is 5.94. The molecule has 1 N–H and O–H groups in total. The summed E-state index contributed by atoms with van der Waals surface area (Å²) in [4.78, 5) is 28.3. The highest BCUT2D eigenvalue weighted by Crippen LogP contribution is 2.26. The molecule has 2 unspecified atom stereocenters. The molecule has 0 spiro atoms. The van der Waals surface area contributed by atoms with E-state index in [4.69, 9.17) is 4.74 Å². The molecule has 5 nitrogen and oxygen atoms in total. The molecule has 38 heavy (non-hydrogen) atoms. The van der Waals surface area contributed by atoms with Crippen LogP contribution in [0.1, 0.15) is 99.5 Å². The Balaban J connectivity index is 1.67. The number of carbonyl (C=O) groups is 2. The fourth-order valence-electron chi connectivity index (χ4n) is 5.07. The lowest BCUT2D eigenvalue weighted by atomic mass is 9.93. The molecule has 0 aliphatic carbocycles. The van der Waals surface area contributed by atoms with E-state index in [9.17, 15) is 14.0 Å². The van der Waals surface area contributed by atoms with Gasteiger partial charge in [-0.15, -0.1) is 0 Å². The lowest BCUT2D eigenvalue weighted by Crippen LogP contribution is -2.48. The van der Waals surface area contributed by atoms with E-state index < -0.39 is 11.9 Å². The quantitative estimate of drug-likeness (QED) is 0.245. The second kappa shape index (κ2) is 16.3. The van der Waals surface area contributed by atoms with Crippen molar-refractivity contribution in [2.24, 2.45) is 0 Å². The van der Waals surface area contributed by atoms with Gasteiger partial charge in [-0.05, 0) is 48.6 Å². The summed E-state index contributed by atoms with van der Waals surface area (Å²) in [6.45, 7) is 5.66. The maximum Gasteiger partial charge on any atom is 0.254 e. The molecule has 2 atom stereocenters. The molecule has 208 valence electrons. The van der Waals surface area contributed by atoms with Crippen LogP contribution < -0.4 is 5.32 Å².